The van der Waals surface area contributed by atoms with Gasteiger partial charge in [0, 0.05) is 29.7 Å². The molecule has 0 bridgehead atoms. The lowest BCUT2D eigenvalue weighted by Crippen LogP contribution is -2.46. The molecule has 29 heavy (non-hydrogen) atoms. The van der Waals surface area contributed by atoms with E-state index in [0.717, 1.165) is 16.8 Å². The zero-order valence-electron chi connectivity index (χ0n) is 15.6. The first-order valence-electron chi connectivity index (χ1n) is 9.20. The number of nitrogens with one attached hydrogen (secondary N) is 1. The maximum absolute atomic E-state index is 13.2. The molecular weight excluding hydrogens is 408 g/mol. The number of amides is 1. The number of carbonyl (C=O) groups is 1. The fraction of sp³-hybridized carbons (Fsp3) is 0.250. The fourth-order valence-electron chi connectivity index (χ4n) is 3.37. The van der Waals surface area contributed by atoms with Gasteiger partial charge in [-0.05, 0) is 29.2 Å². The number of aromatic nitrogens is 2. The lowest BCUT2D eigenvalue weighted by Gasteiger charge is -2.33. The zero-order chi connectivity index (χ0) is 20.3. The third-order valence-electron chi connectivity index (χ3n) is 4.92. The summed E-state index contributed by atoms with van der Waals surface area (Å²) in [5.41, 5.74) is 3.24. The van der Waals surface area contributed by atoms with E-state index in [1.165, 1.54) is 11.5 Å². The van der Waals surface area contributed by atoms with E-state index in [1.807, 2.05) is 64.9 Å². The minimum Gasteiger partial charge on any atom is -0.324 e. The summed E-state index contributed by atoms with van der Waals surface area (Å²) in [6, 6.07) is 16.3. The molecule has 9 heteroatoms. The molecule has 1 aromatic heterocycles. The predicted octanol–water partition coefficient (Wildman–Crippen LogP) is 2.62. The van der Waals surface area contributed by atoms with Gasteiger partial charge in [0.05, 0.1) is 11.5 Å². The summed E-state index contributed by atoms with van der Waals surface area (Å²) in [4.78, 5) is 15.1. The lowest BCUT2D eigenvalue weighted by molar-refractivity contribution is -0.121. The van der Waals surface area contributed by atoms with Gasteiger partial charge in [-0.15, -0.1) is 5.10 Å². The first-order chi connectivity index (χ1) is 14.0. The molecule has 1 unspecified atom stereocenters. The minimum atomic E-state index is -3.03. The van der Waals surface area contributed by atoms with E-state index < -0.39 is 15.9 Å². The van der Waals surface area contributed by atoms with Crippen molar-refractivity contribution in [1.29, 1.82) is 0 Å². The molecular formula is C20H20N4O3S2. The second-order valence-electron chi connectivity index (χ2n) is 6.86. The number of hydrogen-bond acceptors (Lipinski definition) is 7. The van der Waals surface area contributed by atoms with Crippen molar-refractivity contribution in [3.63, 3.8) is 0 Å². The van der Waals surface area contributed by atoms with Crippen LogP contribution in [0.25, 0.3) is 11.3 Å². The topological polar surface area (TPSA) is 92.3 Å². The maximum atomic E-state index is 13.2. The van der Waals surface area contributed by atoms with Gasteiger partial charge in [0.2, 0.25) is 5.91 Å². The van der Waals surface area contributed by atoms with Crippen LogP contribution in [0.3, 0.4) is 0 Å². The van der Waals surface area contributed by atoms with Crippen molar-refractivity contribution in [2.75, 3.05) is 29.9 Å². The van der Waals surface area contributed by atoms with Gasteiger partial charge >= 0.3 is 0 Å². The molecule has 0 saturated carbocycles. The molecule has 2 heterocycles. The highest BCUT2D eigenvalue weighted by molar-refractivity contribution is 7.91. The molecule has 1 atom stereocenters. The predicted molar refractivity (Wildman–Crippen MR) is 113 cm³/mol. The summed E-state index contributed by atoms with van der Waals surface area (Å²) in [6.45, 7) is 0.677. The molecule has 0 spiro atoms. The number of anilines is 1. The quantitative estimate of drug-likeness (QED) is 0.672. The smallest absolute Gasteiger partial charge is 0.246 e. The van der Waals surface area contributed by atoms with Crippen LogP contribution in [-0.4, -0.2) is 53.4 Å². The Kier molecular flexibility index (Phi) is 5.70. The SMILES string of the molecule is O=C(Nc1ccc(-c2csnn2)cc1)C(c1ccccc1)N1CCS(=O)(=O)CC1. The van der Waals surface area contributed by atoms with Crippen LogP contribution in [0.5, 0.6) is 0 Å². The minimum absolute atomic E-state index is 0.0694. The van der Waals surface area contributed by atoms with Gasteiger partial charge in [0.1, 0.15) is 11.7 Å². The molecule has 0 aliphatic carbocycles. The van der Waals surface area contributed by atoms with Crippen molar-refractivity contribution < 1.29 is 13.2 Å². The Morgan fingerprint density at radius 3 is 2.34 bits per heavy atom. The molecule has 3 aromatic rings. The van der Waals surface area contributed by atoms with E-state index in [2.05, 4.69) is 14.9 Å². The van der Waals surface area contributed by atoms with E-state index in [4.69, 9.17) is 0 Å². The zero-order valence-corrected chi connectivity index (χ0v) is 17.2. The maximum Gasteiger partial charge on any atom is 0.246 e. The number of nitrogens with zero attached hydrogens (tertiary/aromatic N) is 3. The van der Waals surface area contributed by atoms with Crippen LogP contribution in [0.1, 0.15) is 11.6 Å². The molecule has 150 valence electrons. The Hall–Kier alpha value is -2.62. The van der Waals surface area contributed by atoms with Gasteiger partial charge in [-0.3, -0.25) is 9.69 Å². The summed E-state index contributed by atoms with van der Waals surface area (Å²) in [5, 5.41) is 8.88. The number of benzene rings is 2. The molecule has 1 aliphatic heterocycles. The van der Waals surface area contributed by atoms with E-state index >= 15 is 0 Å². The van der Waals surface area contributed by atoms with Gasteiger partial charge in [-0.25, -0.2) is 8.42 Å². The van der Waals surface area contributed by atoms with Crippen LogP contribution in [0.2, 0.25) is 0 Å². The van der Waals surface area contributed by atoms with Crippen molar-refractivity contribution in [3.05, 3.63) is 65.5 Å². The van der Waals surface area contributed by atoms with E-state index in [0.29, 0.717) is 18.8 Å². The van der Waals surface area contributed by atoms with Gasteiger partial charge in [-0.2, -0.15) is 0 Å². The van der Waals surface area contributed by atoms with Crippen molar-refractivity contribution in [3.8, 4) is 11.3 Å². The van der Waals surface area contributed by atoms with Crippen molar-refractivity contribution in [1.82, 2.24) is 14.5 Å². The van der Waals surface area contributed by atoms with Crippen molar-refractivity contribution >= 4 is 33.0 Å². The first-order valence-corrected chi connectivity index (χ1v) is 11.9. The van der Waals surface area contributed by atoms with Crippen LogP contribution in [0, 0.1) is 0 Å². The average Bonchev–Trinajstić information content (AvgIpc) is 3.26. The van der Waals surface area contributed by atoms with E-state index in [1.54, 1.807) is 0 Å². The third kappa shape index (κ3) is 4.69. The number of sulfone groups is 1. The molecule has 1 amide bonds. The Labute approximate surface area is 173 Å². The van der Waals surface area contributed by atoms with Crippen LogP contribution in [0.15, 0.2) is 60.0 Å². The molecule has 1 fully saturated rings. The summed E-state index contributed by atoms with van der Waals surface area (Å²) in [5.74, 6) is -0.0430. The fourth-order valence-corrected chi connectivity index (χ4v) is 5.07. The molecule has 1 aliphatic rings. The number of rotatable bonds is 5. The molecule has 1 N–H and O–H groups in total. The Balaban J connectivity index is 1.54. The summed E-state index contributed by atoms with van der Waals surface area (Å²) >= 11 is 1.29. The van der Waals surface area contributed by atoms with Crippen LogP contribution in [0.4, 0.5) is 5.69 Å². The summed E-state index contributed by atoms with van der Waals surface area (Å²) in [7, 11) is -3.03. The summed E-state index contributed by atoms with van der Waals surface area (Å²) in [6.07, 6.45) is 0. The van der Waals surface area contributed by atoms with Crippen molar-refractivity contribution in [2.24, 2.45) is 0 Å². The molecule has 1 saturated heterocycles. The van der Waals surface area contributed by atoms with Crippen LogP contribution >= 0.6 is 11.5 Å². The highest BCUT2D eigenvalue weighted by atomic mass is 32.2. The Morgan fingerprint density at radius 2 is 1.72 bits per heavy atom. The first kappa shape index (κ1) is 19.7. The van der Waals surface area contributed by atoms with Gasteiger partial charge < -0.3 is 5.32 Å². The average molecular weight is 429 g/mol. The molecule has 4 rings (SSSR count). The van der Waals surface area contributed by atoms with E-state index in [9.17, 15) is 13.2 Å². The van der Waals surface area contributed by atoms with Gasteiger partial charge in [0.15, 0.2) is 9.84 Å². The number of hydrogen-bond donors (Lipinski definition) is 1. The molecule has 7 nitrogen and oxygen atoms in total. The highest BCUT2D eigenvalue weighted by Crippen LogP contribution is 2.26. The normalized spacial score (nSPS) is 17.5. The van der Waals surface area contributed by atoms with Crippen LogP contribution in [-0.2, 0) is 14.6 Å². The Bertz CT molecular complexity index is 1050. The molecule has 0 radical (unpaired) electrons. The van der Waals surface area contributed by atoms with E-state index in [-0.39, 0.29) is 17.4 Å². The largest absolute Gasteiger partial charge is 0.324 e. The van der Waals surface area contributed by atoms with Crippen molar-refractivity contribution in [2.45, 2.75) is 6.04 Å². The highest BCUT2D eigenvalue weighted by Gasteiger charge is 2.32. The Morgan fingerprint density at radius 1 is 1.03 bits per heavy atom. The lowest BCUT2D eigenvalue weighted by atomic mass is 10.0. The second kappa shape index (κ2) is 8.40. The molecule has 2 aromatic carbocycles. The van der Waals surface area contributed by atoms with Gasteiger partial charge in [0.25, 0.3) is 0 Å². The summed E-state index contributed by atoms with van der Waals surface area (Å²) < 4.78 is 27.5. The number of carbonyl (C=O) groups excluding carboxylic acids is 1. The monoisotopic (exact) mass is 428 g/mol. The van der Waals surface area contributed by atoms with Gasteiger partial charge in [-0.1, -0.05) is 47.0 Å². The third-order valence-corrected chi connectivity index (χ3v) is 7.03. The second-order valence-corrected chi connectivity index (χ2v) is 9.77. The van der Waals surface area contributed by atoms with Crippen LogP contribution < -0.4 is 5.32 Å². The standard InChI is InChI=1S/C20H20N4O3S2/c25-20(21-17-8-6-15(7-9-17)18-14-28-23-22-18)19(16-4-2-1-3-5-16)24-10-12-29(26,27)13-11-24/h1-9,14,19H,10-13H2,(H,21,25).